The van der Waals surface area contributed by atoms with E-state index in [-0.39, 0.29) is 0 Å². The molecule has 3 N–H and O–H groups in total. The zero-order valence-electron chi connectivity index (χ0n) is 10.7. The van der Waals surface area contributed by atoms with E-state index in [2.05, 4.69) is 42.2 Å². The van der Waals surface area contributed by atoms with Gasteiger partial charge in [-0.15, -0.1) is 0 Å². The van der Waals surface area contributed by atoms with Crippen LogP contribution in [0.3, 0.4) is 0 Å². The van der Waals surface area contributed by atoms with E-state index in [9.17, 15) is 0 Å². The van der Waals surface area contributed by atoms with Crippen molar-refractivity contribution in [3.05, 3.63) is 23.8 Å². The van der Waals surface area contributed by atoms with Crippen molar-refractivity contribution in [1.82, 2.24) is 0 Å². The SMILES string of the molecule is CCSC1CCCC1Nc1ccc(C)c(N)c1. The molecule has 2 unspecified atom stereocenters. The Morgan fingerprint density at radius 1 is 1.41 bits per heavy atom. The molecule has 1 fully saturated rings. The summed E-state index contributed by atoms with van der Waals surface area (Å²) in [4.78, 5) is 0. The maximum absolute atomic E-state index is 5.94. The predicted octanol–water partition coefficient (Wildman–Crippen LogP) is 3.66. The zero-order valence-corrected chi connectivity index (χ0v) is 11.5. The van der Waals surface area contributed by atoms with Gasteiger partial charge in [-0.25, -0.2) is 0 Å². The van der Waals surface area contributed by atoms with Gasteiger partial charge < -0.3 is 11.1 Å². The molecule has 2 atom stereocenters. The van der Waals surface area contributed by atoms with Crippen LogP contribution in [0.2, 0.25) is 0 Å². The smallest absolute Gasteiger partial charge is 0.0380 e. The molecule has 0 bridgehead atoms. The average Bonchev–Trinajstić information content (AvgIpc) is 2.72. The van der Waals surface area contributed by atoms with E-state index in [0.29, 0.717) is 6.04 Å². The van der Waals surface area contributed by atoms with Crippen molar-refractivity contribution >= 4 is 23.1 Å². The molecule has 1 aromatic carbocycles. The number of hydrogen-bond acceptors (Lipinski definition) is 3. The van der Waals surface area contributed by atoms with E-state index in [4.69, 9.17) is 5.73 Å². The number of hydrogen-bond donors (Lipinski definition) is 2. The molecular weight excluding hydrogens is 228 g/mol. The number of rotatable bonds is 4. The highest BCUT2D eigenvalue weighted by molar-refractivity contribution is 7.99. The predicted molar refractivity (Wildman–Crippen MR) is 78.8 cm³/mol. The van der Waals surface area contributed by atoms with Gasteiger partial charge in [0.2, 0.25) is 0 Å². The van der Waals surface area contributed by atoms with Gasteiger partial charge in [-0.2, -0.15) is 11.8 Å². The molecule has 1 aromatic rings. The van der Waals surface area contributed by atoms with Crippen molar-refractivity contribution in [2.24, 2.45) is 0 Å². The molecule has 0 spiro atoms. The first-order valence-electron chi connectivity index (χ1n) is 6.45. The normalized spacial score (nSPS) is 23.9. The van der Waals surface area contributed by atoms with Crippen LogP contribution < -0.4 is 11.1 Å². The molecule has 94 valence electrons. The number of nitrogens with two attached hydrogens (primary N) is 1. The average molecular weight is 250 g/mol. The van der Waals surface area contributed by atoms with E-state index in [1.165, 1.54) is 30.7 Å². The van der Waals surface area contributed by atoms with Crippen molar-refractivity contribution in [2.45, 2.75) is 44.4 Å². The fourth-order valence-corrected chi connectivity index (χ4v) is 3.65. The number of anilines is 2. The van der Waals surface area contributed by atoms with Gasteiger partial charge in [0.15, 0.2) is 0 Å². The minimum Gasteiger partial charge on any atom is -0.398 e. The molecule has 1 aliphatic rings. The second-order valence-corrected chi connectivity index (χ2v) is 6.26. The summed E-state index contributed by atoms with van der Waals surface area (Å²) in [7, 11) is 0. The van der Waals surface area contributed by atoms with E-state index in [0.717, 1.165) is 16.5 Å². The maximum atomic E-state index is 5.94. The maximum Gasteiger partial charge on any atom is 0.0380 e. The summed E-state index contributed by atoms with van der Waals surface area (Å²) in [6, 6.07) is 6.90. The van der Waals surface area contributed by atoms with Crippen LogP contribution in [-0.4, -0.2) is 17.0 Å². The van der Waals surface area contributed by atoms with E-state index in [1.807, 2.05) is 6.92 Å². The van der Waals surface area contributed by atoms with Crippen molar-refractivity contribution in [3.63, 3.8) is 0 Å². The van der Waals surface area contributed by atoms with Gasteiger partial charge >= 0.3 is 0 Å². The molecule has 0 amide bonds. The number of nitrogens with one attached hydrogen (secondary N) is 1. The lowest BCUT2D eigenvalue weighted by atomic mass is 10.1. The Bertz CT molecular complexity index is 378. The summed E-state index contributed by atoms with van der Waals surface area (Å²) in [6.07, 6.45) is 3.97. The molecule has 2 nitrogen and oxygen atoms in total. The summed E-state index contributed by atoms with van der Waals surface area (Å²) in [5, 5.41) is 4.41. The second-order valence-electron chi connectivity index (χ2n) is 4.75. The summed E-state index contributed by atoms with van der Waals surface area (Å²) in [5.41, 5.74) is 9.15. The van der Waals surface area contributed by atoms with Crippen LogP contribution in [0, 0.1) is 6.92 Å². The molecule has 0 saturated heterocycles. The monoisotopic (exact) mass is 250 g/mol. The Labute approximate surface area is 108 Å². The van der Waals surface area contributed by atoms with Gasteiger partial charge in [0.25, 0.3) is 0 Å². The van der Waals surface area contributed by atoms with Crippen LogP contribution >= 0.6 is 11.8 Å². The summed E-state index contributed by atoms with van der Waals surface area (Å²) < 4.78 is 0. The van der Waals surface area contributed by atoms with E-state index < -0.39 is 0 Å². The summed E-state index contributed by atoms with van der Waals surface area (Å²) >= 11 is 2.08. The molecule has 1 aliphatic carbocycles. The Hall–Kier alpha value is -0.830. The van der Waals surface area contributed by atoms with Crippen LogP contribution in [0.1, 0.15) is 31.7 Å². The Kier molecular flexibility index (Phi) is 4.21. The molecular formula is C14H22N2S. The Morgan fingerprint density at radius 3 is 2.94 bits per heavy atom. The number of thioether (sulfide) groups is 1. The molecule has 0 radical (unpaired) electrons. The van der Waals surface area contributed by atoms with Crippen molar-refractivity contribution in [1.29, 1.82) is 0 Å². The minimum absolute atomic E-state index is 0.613. The third-order valence-electron chi connectivity index (χ3n) is 3.46. The minimum atomic E-state index is 0.613. The number of aryl methyl sites for hydroxylation is 1. The number of nitrogen functional groups attached to an aromatic ring is 1. The van der Waals surface area contributed by atoms with E-state index >= 15 is 0 Å². The van der Waals surface area contributed by atoms with Gasteiger partial charge in [0, 0.05) is 22.7 Å². The molecule has 0 heterocycles. The van der Waals surface area contributed by atoms with Crippen LogP contribution in [0.15, 0.2) is 18.2 Å². The fraction of sp³-hybridized carbons (Fsp3) is 0.571. The first-order chi connectivity index (χ1) is 8.20. The van der Waals surface area contributed by atoms with Crippen LogP contribution in [0.5, 0.6) is 0 Å². The summed E-state index contributed by atoms with van der Waals surface area (Å²) in [5.74, 6) is 1.21. The molecule has 2 rings (SSSR count). The van der Waals surface area contributed by atoms with Crippen LogP contribution in [0.25, 0.3) is 0 Å². The van der Waals surface area contributed by atoms with Gasteiger partial charge in [-0.3, -0.25) is 0 Å². The topological polar surface area (TPSA) is 38.0 Å². The van der Waals surface area contributed by atoms with Gasteiger partial charge in [-0.1, -0.05) is 19.4 Å². The molecule has 3 heteroatoms. The standard InChI is InChI=1S/C14H22N2S/c1-3-17-14-6-4-5-13(14)16-11-8-7-10(2)12(15)9-11/h7-9,13-14,16H,3-6,15H2,1-2H3. The Balaban J connectivity index is 2.02. The number of benzene rings is 1. The van der Waals surface area contributed by atoms with E-state index in [1.54, 1.807) is 0 Å². The molecule has 1 saturated carbocycles. The third kappa shape index (κ3) is 3.09. The molecule has 17 heavy (non-hydrogen) atoms. The van der Waals surface area contributed by atoms with Gasteiger partial charge in [0.05, 0.1) is 0 Å². The lowest BCUT2D eigenvalue weighted by molar-refractivity contribution is 0.768. The zero-order chi connectivity index (χ0) is 12.3. The van der Waals surface area contributed by atoms with Crippen LogP contribution in [-0.2, 0) is 0 Å². The largest absolute Gasteiger partial charge is 0.398 e. The molecule has 0 aromatic heterocycles. The third-order valence-corrected chi connectivity index (χ3v) is 4.79. The first kappa shape index (κ1) is 12.6. The second kappa shape index (κ2) is 5.67. The lowest BCUT2D eigenvalue weighted by Crippen LogP contribution is -2.26. The fourth-order valence-electron chi connectivity index (χ4n) is 2.45. The highest BCUT2D eigenvalue weighted by Crippen LogP contribution is 2.32. The lowest BCUT2D eigenvalue weighted by Gasteiger charge is -2.21. The van der Waals surface area contributed by atoms with Crippen molar-refractivity contribution in [3.8, 4) is 0 Å². The van der Waals surface area contributed by atoms with Crippen molar-refractivity contribution < 1.29 is 0 Å². The Morgan fingerprint density at radius 2 is 2.24 bits per heavy atom. The molecule has 0 aliphatic heterocycles. The van der Waals surface area contributed by atoms with Gasteiger partial charge in [-0.05, 0) is 43.2 Å². The highest BCUT2D eigenvalue weighted by Gasteiger charge is 2.26. The van der Waals surface area contributed by atoms with Crippen LogP contribution in [0.4, 0.5) is 11.4 Å². The van der Waals surface area contributed by atoms with Crippen molar-refractivity contribution in [2.75, 3.05) is 16.8 Å². The quantitative estimate of drug-likeness (QED) is 0.801. The van der Waals surface area contributed by atoms with Gasteiger partial charge in [0.1, 0.15) is 0 Å². The summed E-state index contributed by atoms with van der Waals surface area (Å²) in [6.45, 7) is 4.29. The first-order valence-corrected chi connectivity index (χ1v) is 7.50. The highest BCUT2D eigenvalue weighted by atomic mass is 32.2.